The van der Waals surface area contributed by atoms with E-state index in [9.17, 15) is 9.18 Å². The predicted molar refractivity (Wildman–Crippen MR) is 98.0 cm³/mol. The number of amides is 1. The molecule has 0 spiro atoms. The van der Waals surface area contributed by atoms with Gasteiger partial charge in [0.25, 0.3) is 0 Å². The van der Waals surface area contributed by atoms with Gasteiger partial charge < -0.3 is 5.32 Å². The van der Waals surface area contributed by atoms with Gasteiger partial charge in [-0.1, -0.05) is 53.7 Å². The van der Waals surface area contributed by atoms with Crippen LogP contribution in [0.1, 0.15) is 5.56 Å². The van der Waals surface area contributed by atoms with Crippen LogP contribution in [0.2, 0.25) is 0 Å². The minimum atomic E-state index is -0.455. The van der Waals surface area contributed by atoms with Crippen molar-refractivity contribution in [2.45, 2.75) is 11.9 Å². The molecule has 3 aromatic rings. The number of halogens is 1. The van der Waals surface area contributed by atoms with Crippen molar-refractivity contribution in [3.05, 3.63) is 72.0 Å². The molecule has 4 nitrogen and oxygen atoms in total. The summed E-state index contributed by atoms with van der Waals surface area (Å²) >= 11 is 1.25. The van der Waals surface area contributed by atoms with Gasteiger partial charge in [-0.15, -0.1) is 10.2 Å². The molecule has 0 aliphatic rings. The van der Waals surface area contributed by atoms with Crippen LogP contribution in [0.4, 0.5) is 10.1 Å². The van der Waals surface area contributed by atoms with E-state index in [1.165, 1.54) is 29.5 Å². The molecule has 0 bridgehead atoms. The Labute approximate surface area is 149 Å². The number of rotatable bonds is 5. The maximum absolute atomic E-state index is 13.5. The highest BCUT2D eigenvalue weighted by molar-refractivity contribution is 7.99. The SMILES string of the molecule is Cc1ccc(-c2ccc(SCC(=O)Nc3ccccc3F)nn2)cc1. The Kier molecular flexibility index (Phi) is 5.40. The van der Waals surface area contributed by atoms with Crippen molar-refractivity contribution >= 4 is 23.4 Å². The Bertz CT molecular complexity index is 867. The molecule has 126 valence electrons. The third-order valence-electron chi connectivity index (χ3n) is 3.49. The number of nitrogens with zero attached hydrogens (tertiary/aromatic N) is 2. The van der Waals surface area contributed by atoms with Crippen LogP contribution in [0.3, 0.4) is 0 Å². The van der Waals surface area contributed by atoms with E-state index in [0.717, 1.165) is 11.3 Å². The standard InChI is InChI=1S/C19H16FN3OS/c1-13-6-8-14(9-7-13)16-10-11-19(23-22-16)25-12-18(24)21-17-5-3-2-4-15(17)20/h2-11H,12H2,1H3,(H,21,24). The lowest BCUT2D eigenvalue weighted by Crippen LogP contribution is -2.15. The fraction of sp³-hybridized carbons (Fsp3) is 0.105. The maximum atomic E-state index is 13.5. The Hall–Kier alpha value is -2.73. The molecule has 25 heavy (non-hydrogen) atoms. The van der Waals surface area contributed by atoms with Crippen molar-refractivity contribution in [3.63, 3.8) is 0 Å². The molecule has 1 heterocycles. The van der Waals surface area contributed by atoms with Crippen molar-refractivity contribution < 1.29 is 9.18 Å². The van der Waals surface area contributed by atoms with Crippen molar-refractivity contribution in [2.24, 2.45) is 0 Å². The summed E-state index contributed by atoms with van der Waals surface area (Å²) in [4.78, 5) is 11.9. The summed E-state index contributed by atoms with van der Waals surface area (Å²) in [6.45, 7) is 2.03. The Balaban J connectivity index is 1.57. The monoisotopic (exact) mass is 353 g/mol. The molecule has 0 aliphatic heterocycles. The zero-order valence-electron chi connectivity index (χ0n) is 13.6. The summed E-state index contributed by atoms with van der Waals surface area (Å²) in [5, 5.41) is 11.5. The summed E-state index contributed by atoms with van der Waals surface area (Å²) in [5.74, 6) is -0.616. The molecule has 0 saturated heterocycles. The van der Waals surface area contributed by atoms with Gasteiger partial charge in [-0.05, 0) is 31.2 Å². The average molecular weight is 353 g/mol. The number of hydrogen-bond donors (Lipinski definition) is 1. The molecule has 0 aliphatic carbocycles. The highest BCUT2D eigenvalue weighted by atomic mass is 32.2. The molecule has 6 heteroatoms. The Morgan fingerprint density at radius 3 is 2.48 bits per heavy atom. The summed E-state index contributed by atoms with van der Waals surface area (Å²) in [6.07, 6.45) is 0. The fourth-order valence-corrected chi connectivity index (χ4v) is 2.78. The second kappa shape index (κ2) is 7.90. The highest BCUT2D eigenvalue weighted by Gasteiger charge is 2.08. The van der Waals surface area contributed by atoms with Crippen LogP contribution >= 0.6 is 11.8 Å². The summed E-state index contributed by atoms with van der Waals surface area (Å²) in [6, 6.07) is 17.8. The third-order valence-corrected chi connectivity index (χ3v) is 4.41. The molecule has 1 amide bonds. The van der Waals surface area contributed by atoms with Crippen LogP contribution in [-0.2, 0) is 4.79 Å². The van der Waals surface area contributed by atoms with Gasteiger partial charge >= 0.3 is 0 Å². The van der Waals surface area contributed by atoms with Crippen molar-refractivity contribution in [3.8, 4) is 11.3 Å². The van der Waals surface area contributed by atoms with E-state index in [1.54, 1.807) is 12.1 Å². The number of anilines is 1. The molecular weight excluding hydrogens is 337 g/mol. The normalized spacial score (nSPS) is 10.5. The lowest BCUT2D eigenvalue weighted by molar-refractivity contribution is -0.113. The molecule has 0 unspecified atom stereocenters. The van der Waals surface area contributed by atoms with E-state index in [-0.39, 0.29) is 17.3 Å². The van der Waals surface area contributed by atoms with Crippen LogP contribution in [0.25, 0.3) is 11.3 Å². The quantitative estimate of drug-likeness (QED) is 0.694. The van der Waals surface area contributed by atoms with E-state index < -0.39 is 5.82 Å². The van der Waals surface area contributed by atoms with Crippen LogP contribution in [0.5, 0.6) is 0 Å². The van der Waals surface area contributed by atoms with Gasteiger partial charge in [-0.25, -0.2) is 4.39 Å². The molecule has 0 atom stereocenters. The first kappa shape index (κ1) is 17.1. The number of carbonyl (C=O) groups excluding carboxylic acids is 1. The van der Waals surface area contributed by atoms with Crippen LogP contribution in [0.15, 0.2) is 65.7 Å². The third kappa shape index (κ3) is 4.64. The molecule has 1 N–H and O–H groups in total. The van der Waals surface area contributed by atoms with Gasteiger partial charge in [0.1, 0.15) is 10.8 Å². The van der Waals surface area contributed by atoms with Crippen LogP contribution in [-0.4, -0.2) is 21.9 Å². The number of nitrogens with one attached hydrogen (secondary N) is 1. The summed E-state index contributed by atoms with van der Waals surface area (Å²) in [5.41, 5.74) is 3.13. The number of para-hydroxylation sites is 1. The first-order chi connectivity index (χ1) is 12.1. The maximum Gasteiger partial charge on any atom is 0.234 e. The number of carbonyl (C=O) groups is 1. The average Bonchev–Trinajstić information content (AvgIpc) is 2.63. The molecular formula is C19H16FN3OS. The molecule has 2 aromatic carbocycles. The zero-order valence-corrected chi connectivity index (χ0v) is 14.4. The lowest BCUT2D eigenvalue weighted by Gasteiger charge is -2.06. The van der Waals surface area contributed by atoms with E-state index >= 15 is 0 Å². The first-order valence-electron chi connectivity index (χ1n) is 7.70. The predicted octanol–water partition coefficient (Wildman–Crippen LogP) is 4.32. The number of thioether (sulfide) groups is 1. The van der Waals surface area contributed by atoms with Crippen LogP contribution in [0, 0.1) is 12.7 Å². The Morgan fingerprint density at radius 1 is 1.04 bits per heavy atom. The van der Waals surface area contributed by atoms with Crippen molar-refractivity contribution in [1.82, 2.24) is 10.2 Å². The van der Waals surface area contributed by atoms with Gasteiger partial charge in [0.2, 0.25) is 5.91 Å². The van der Waals surface area contributed by atoms with E-state index in [4.69, 9.17) is 0 Å². The van der Waals surface area contributed by atoms with Gasteiger partial charge in [0, 0.05) is 5.56 Å². The van der Waals surface area contributed by atoms with Gasteiger partial charge in [0.05, 0.1) is 17.1 Å². The van der Waals surface area contributed by atoms with E-state index in [0.29, 0.717) is 5.03 Å². The molecule has 3 rings (SSSR count). The number of aryl methyl sites for hydroxylation is 1. The zero-order chi connectivity index (χ0) is 17.6. The fourth-order valence-electron chi connectivity index (χ4n) is 2.16. The number of aromatic nitrogens is 2. The first-order valence-corrected chi connectivity index (χ1v) is 8.68. The second-order valence-electron chi connectivity index (χ2n) is 5.44. The minimum absolute atomic E-state index is 0.132. The molecule has 0 saturated carbocycles. The smallest absolute Gasteiger partial charge is 0.234 e. The second-order valence-corrected chi connectivity index (χ2v) is 6.44. The Morgan fingerprint density at radius 2 is 1.80 bits per heavy atom. The van der Waals surface area contributed by atoms with E-state index in [1.807, 2.05) is 43.3 Å². The van der Waals surface area contributed by atoms with Gasteiger partial charge in [0.15, 0.2) is 0 Å². The lowest BCUT2D eigenvalue weighted by atomic mass is 10.1. The summed E-state index contributed by atoms with van der Waals surface area (Å²) < 4.78 is 13.5. The molecule has 1 aromatic heterocycles. The van der Waals surface area contributed by atoms with Crippen molar-refractivity contribution in [2.75, 3.05) is 11.1 Å². The van der Waals surface area contributed by atoms with Gasteiger partial charge in [-0.2, -0.15) is 0 Å². The minimum Gasteiger partial charge on any atom is -0.323 e. The highest BCUT2D eigenvalue weighted by Crippen LogP contribution is 2.20. The topological polar surface area (TPSA) is 54.9 Å². The molecule has 0 fully saturated rings. The van der Waals surface area contributed by atoms with Crippen LogP contribution < -0.4 is 5.32 Å². The number of benzene rings is 2. The largest absolute Gasteiger partial charge is 0.323 e. The van der Waals surface area contributed by atoms with E-state index in [2.05, 4.69) is 15.5 Å². The number of hydrogen-bond acceptors (Lipinski definition) is 4. The molecule has 0 radical (unpaired) electrons. The summed E-state index contributed by atoms with van der Waals surface area (Å²) in [7, 11) is 0. The van der Waals surface area contributed by atoms with Gasteiger partial charge in [-0.3, -0.25) is 4.79 Å². The van der Waals surface area contributed by atoms with Crippen molar-refractivity contribution in [1.29, 1.82) is 0 Å².